The Balaban J connectivity index is 1.33. The number of methoxy groups -OCH3 is 2. The number of H-pyrrole nitrogens is 1. The molecule has 0 radical (unpaired) electrons. The second-order valence-electron chi connectivity index (χ2n) is 20.7. The van der Waals surface area contributed by atoms with E-state index in [1.54, 1.807) is 7.11 Å². The largest absolute Gasteiger partial charge is 0.496 e. The number of benzene rings is 2. The first-order valence-electron chi connectivity index (χ1n) is 23.2. The van der Waals surface area contributed by atoms with Gasteiger partial charge in [-0.3, -0.25) is 24.2 Å². The molecule has 2 unspecified atom stereocenters. The van der Waals surface area contributed by atoms with Crippen molar-refractivity contribution in [2.45, 2.75) is 115 Å². The van der Waals surface area contributed by atoms with E-state index in [0.29, 0.717) is 31.6 Å². The molecule has 12 heteroatoms. The SMILES string of the molecule is CCC1=C[C@@H]2CN(CCc3c([nH]c4ccccc34)[C@@](C(=O)OC)(c3cc4c(cc3OC)N(C)[C@H]3[C@@](O)(CNC(=O)CC(C)(C)C)[C@H](OC(C)=O)[C@]5(CC)C=CCN6CC[C@]43C65)C2)C1. The first-order chi connectivity index (χ1) is 30.0. The van der Waals surface area contributed by atoms with Gasteiger partial charge in [0.2, 0.25) is 5.91 Å². The highest BCUT2D eigenvalue weighted by Crippen LogP contribution is 2.68. The van der Waals surface area contributed by atoms with Crippen molar-refractivity contribution in [3.8, 4) is 5.75 Å². The van der Waals surface area contributed by atoms with Gasteiger partial charge in [-0.2, -0.15) is 0 Å². The Kier molecular flexibility index (Phi) is 10.7. The van der Waals surface area contributed by atoms with Gasteiger partial charge < -0.3 is 34.5 Å². The summed E-state index contributed by atoms with van der Waals surface area (Å²) in [5.41, 5.74) is 2.00. The summed E-state index contributed by atoms with van der Waals surface area (Å²) in [7, 11) is 5.16. The van der Waals surface area contributed by atoms with Crippen molar-refractivity contribution in [1.82, 2.24) is 20.1 Å². The van der Waals surface area contributed by atoms with E-state index in [1.807, 2.05) is 33.9 Å². The predicted octanol–water partition coefficient (Wildman–Crippen LogP) is 6.18. The summed E-state index contributed by atoms with van der Waals surface area (Å²) in [6.45, 7) is 15.7. The highest BCUT2D eigenvalue weighted by molar-refractivity contribution is 5.94. The minimum atomic E-state index is -1.75. The first-order valence-corrected chi connectivity index (χ1v) is 23.2. The van der Waals surface area contributed by atoms with Crippen molar-refractivity contribution >= 4 is 34.4 Å². The van der Waals surface area contributed by atoms with Crippen molar-refractivity contribution in [2.75, 3.05) is 65.4 Å². The summed E-state index contributed by atoms with van der Waals surface area (Å²) >= 11 is 0. The van der Waals surface area contributed by atoms with Crippen molar-refractivity contribution in [3.05, 3.63) is 82.6 Å². The maximum absolute atomic E-state index is 15.4. The molecule has 1 spiro atoms. The molecule has 2 aromatic carbocycles. The lowest BCUT2D eigenvalue weighted by Gasteiger charge is -2.64. The molecular formula is C51H67N5O7. The molecule has 5 aliphatic heterocycles. The van der Waals surface area contributed by atoms with Gasteiger partial charge >= 0.3 is 11.9 Å². The number of likely N-dealkylation sites (N-methyl/N-ethyl adjacent to an activating group) is 1. The summed E-state index contributed by atoms with van der Waals surface area (Å²) in [5, 5.41) is 18.1. The van der Waals surface area contributed by atoms with Crippen molar-refractivity contribution < 1.29 is 33.7 Å². The van der Waals surface area contributed by atoms with Gasteiger partial charge in [0.05, 0.1) is 26.8 Å². The summed E-state index contributed by atoms with van der Waals surface area (Å²) in [6.07, 6.45) is 9.43. The Morgan fingerprint density at radius 2 is 1.83 bits per heavy atom. The van der Waals surface area contributed by atoms with Crippen molar-refractivity contribution in [1.29, 1.82) is 0 Å². The number of ether oxygens (including phenoxy) is 3. The summed E-state index contributed by atoms with van der Waals surface area (Å²) in [5.74, 6) is -0.426. The lowest BCUT2D eigenvalue weighted by molar-refractivity contribution is -0.217. The van der Waals surface area contributed by atoms with Gasteiger partial charge in [-0.05, 0) is 73.2 Å². The zero-order valence-corrected chi connectivity index (χ0v) is 38.7. The molecule has 6 aliphatic rings. The number of amides is 1. The maximum atomic E-state index is 15.4. The van der Waals surface area contributed by atoms with Crippen LogP contribution in [0.15, 0.2) is 60.2 Å². The van der Waals surface area contributed by atoms with E-state index in [0.717, 1.165) is 78.0 Å². The number of rotatable bonds is 9. The van der Waals surface area contributed by atoms with Crippen LogP contribution in [0.3, 0.4) is 0 Å². The molecular weight excluding hydrogens is 795 g/mol. The Bertz CT molecular complexity index is 2400. The molecule has 2 fully saturated rings. The van der Waals surface area contributed by atoms with Crippen LogP contribution in [0.25, 0.3) is 10.9 Å². The molecule has 2 bridgehead atoms. The number of aromatic nitrogens is 1. The molecule has 338 valence electrons. The average Bonchev–Trinajstić information content (AvgIpc) is 3.92. The van der Waals surface area contributed by atoms with Gasteiger partial charge in [0.25, 0.3) is 0 Å². The summed E-state index contributed by atoms with van der Waals surface area (Å²) in [6, 6.07) is 11.8. The quantitative estimate of drug-likeness (QED) is 0.169. The minimum absolute atomic E-state index is 0.0378. The molecule has 9 rings (SSSR count). The number of para-hydroxylation sites is 1. The molecule has 9 atom stereocenters. The average molecular weight is 862 g/mol. The predicted molar refractivity (Wildman–Crippen MR) is 244 cm³/mol. The number of esters is 2. The number of carbonyl (C=O) groups excluding carboxylic acids is 3. The Hall–Kier alpha value is -4.65. The molecule has 6 heterocycles. The molecule has 1 amide bonds. The van der Waals surface area contributed by atoms with Crippen LogP contribution < -0.4 is 15.0 Å². The van der Waals surface area contributed by atoms with Crippen LogP contribution in [0.4, 0.5) is 5.69 Å². The number of aliphatic hydroxyl groups is 1. The molecule has 1 aliphatic carbocycles. The maximum Gasteiger partial charge on any atom is 0.322 e. The van der Waals surface area contributed by atoms with E-state index in [2.05, 4.69) is 87.4 Å². The van der Waals surface area contributed by atoms with Gasteiger partial charge in [0.1, 0.15) is 22.9 Å². The van der Waals surface area contributed by atoms with Crippen molar-refractivity contribution in [2.24, 2.45) is 16.7 Å². The monoisotopic (exact) mass is 862 g/mol. The molecule has 3 N–H and O–H groups in total. The fourth-order valence-electron chi connectivity index (χ4n) is 13.8. The number of nitrogens with one attached hydrogen (secondary N) is 2. The van der Waals surface area contributed by atoms with Gasteiger partial charge in [-0.25, -0.2) is 0 Å². The fourth-order valence-corrected chi connectivity index (χ4v) is 13.8. The van der Waals surface area contributed by atoms with Crippen molar-refractivity contribution in [3.63, 3.8) is 0 Å². The molecule has 1 aromatic heterocycles. The van der Waals surface area contributed by atoms with E-state index in [4.69, 9.17) is 14.2 Å². The number of hydrogen-bond donors (Lipinski definition) is 3. The van der Waals surface area contributed by atoms with Gasteiger partial charge in [-0.1, -0.05) is 76.6 Å². The lowest BCUT2D eigenvalue weighted by atomic mass is 9.47. The van der Waals surface area contributed by atoms with Gasteiger partial charge in [-0.15, -0.1) is 0 Å². The van der Waals surface area contributed by atoms with E-state index in [9.17, 15) is 14.7 Å². The van der Waals surface area contributed by atoms with E-state index >= 15 is 4.79 Å². The number of nitrogens with zero attached hydrogens (tertiary/aromatic N) is 3. The van der Waals surface area contributed by atoms with E-state index < -0.39 is 40.0 Å². The molecule has 1 saturated heterocycles. The Morgan fingerprint density at radius 3 is 2.52 bits per heavy atom. The normalized spacial score (nSPS) is 33.2. The third-order valence-electron chi connectivity index (χ3n) is 15.9. The number of carbonyl (C=O) groups is 3. The number of hydrogen-bond acceptors (Lipinski definition) is 10. The van der Waals surface area contributed by atoms with Crippen LogP contribution in [0.2, 0.25) is 0 Å². The van der Waals surface area contributed by atoms with Crippen LogP contribution in [0, 0.1) is 16.7 Å². The van der Waals surface area contributed by atoms with E-state index in [1.165, 1.54) is 19.6 Å². The van der Waals surface area contributed by atoms with Crippen LogP contribution >= 0.6 is 0 Å². The standard InChI is InChI=1S/C51H67N5O7/c1-10-32-23-33-26-50(46(59)62-9,42-35(17-21-55(28-32)29-33)34-15-12-13-16-38(34)53-42)37-24-36-39(25-40(37)61-8)54(7)44-49(36)19-22-56-20-14-18-48(11-2,43(49)56)45(63-31(3)57)51(44,60)30-52-41(58)27-47(4,5)6/h12-16,18,23-25,33,43-45,53,60H,10-11,17,19-22,26-30H2,1-9H3,(H,52,58)/t33-,43?,44+,45+,48+,49+,50-,51-/m0/s1. The summed E-state index contributed by atoms with van der Waals surface area (Å²) in [4.78, 5) is 53.4. The zero-order chi connectivity index (χ0) is 44.9. The highest BCUT2D eigenvalue weighted by atomic mass is 16.6. The van der Waals surface area contributed by atoms with Crippen LogP contribution in [0.5, 0.6) is 5.75 Å². The Labute approximate surface area is 372 Å². The minimum Gasteiger partial charge on any atom is -0.496 e. The smallest absolute Gasteiger partial charge is 0.322 e. The third kappa shape index (κ3) is 6.43. The van der Waals surface area contributed by atoms with Crippen LogP contribution in [-0.2, 0) is 41.1 Å². The van der Waals surface area contributed by atoms with Crippen LogP contribution in [-0.4, -0.2) is 122 Å². The lowest BCUT2D eigenvalue weighted by Crippen LogP contribution is -2.81. The zero-order valence-electron chi connectivity index (χ0n) is 38.7. The van der Waals surface area contributed by atoms with Gasteiger partial charge in [0, 0.05) is 97.4 Å². The third-order valence-corrected chi connectivity index (χ3v) is 15.9. The second kappa shape index (κ2) is 15.5. The molecule has 1 saturated carbocycles. The highest BCUT2D eigenvalue weighted by Gasteiger charge is 2.78. The van der Waals surface area contributed by atoms with E-state index in [-0.39, 0.29) is 42.2 Å². The van der Waals surface area contributed by atoms with Crippen LogP contribution in [0.1, 0.15) is 96.0 Å². The number of anilines is 1. The molecule has 63 heavy (non-hydrogen) atoms. The summed E-state index contributed by atoms with van der Waals surface area (Å²) < 4.78 is 18.9. The fraction of sp³-hybridized carbons (Fsp3) is 0.588. The number of aromatic amines is 1. The Morgan fingerprint density at radius 1 is 1.05 bits per heavy atom. The first kappa shape index (κ1) is 43.6. The topological polar surface area (TPSA) is 137 Å². The van der Waals surface area contributed by atoms with Gasteiger partial charge in [0.15, 0.2) is 0 Å². The molecule has 12 nitrogen and oxygen atoms in total. The second-order valence-corrected chi connectivity index (χ2v) is 20.7. The molecule has 3 aromatic rings. The number of fused-ring (bicyclic) bond motifs is 6.